The fourth-order valence-corrected chi connectivity index (χ4v) is 2.35. The number of aliphatic hydroxyl groups is 1. The Morgan fingerprint density at radius 3 is 2.54 bits per heavy atom. The Morgan fingerprint density at radius 1 is 1.32 bits per heavy atom. The largest absolute Gasteiger partial charge is 0.445 e. The first-order valence-electron chi connectivity index (χ1n) is 8.43. The first-order valence-corrected chi connectivity index (χ1v) is 9.38. The summed E-state index contributed by atoms with van der Waals surface area (Å²) in [4.78, 5) is 23.6. The lowest BCUT2D eigenvalue weighted by Gasteiger charge is -2.23. The van der Waals surface area contributed by atoms with Crippen LogP contribution in [0.5, 0.6) is 5.75 Å². The summed E-state index contributed by atoms with van der Waals surface area (Å²) in [5, 5.41) is 12.6. The van der Waals surface area contributed by atoms with Gasteiger partial charge in [0.25, 0.3) is 0 Å². The van der Waals surface area contributed by atoms with Gasteiger partial charge in [0.2, 0.25) is 0 Å². The van der Waals surface area contributed by atoms with E-state index in [1.54, 1.807) is 31.2 Å². The van der Waals surface area contributed by atoms with Crippen LogP contribution in [0, 0.1) is 0 Å². The molecular weight excluding hydrogens is 386 g/mol. The fraction of sp³-hybridized carbons (Fsp3) is 0.368. The van der Waals surface area contributed by atoms with E-state index in [1.165, 1.54) is 19.2 Å². The molecule has 0 aliphatic heterocycles. The van der Waals surface area contributed by atoms with Gasteiger partial charge in [0.1, 0.15) is 18.4 Å². The van der Waals surface area contributed by atoms with Crippen molar-refractivity contribution in [3.63, 3.8) is 0 Å². The van der Waals surface area contributed by atoms with Crippen molar-refractivity contribution in [3.8, 4) is 5.75 Å². The van der Waals surface area contributed by atoms with E-state index in [9.17, 15) is 14.7 Å². The molecule has 8 nitrogen and oxygen atoms in total. The van der Waals surface area contributed by atoms with Gasteiger partial charge in [-0.1, -0.05) is 30.9 Å². The highest BCUT2D eigenvalue weighted by atomic mass is 32.2. The van der Waals surface area contributed by atoms with Gasteiger partial charge in [-0.05, 0) is 42.2 Å². The number of carbonyl (C=O) groups is 2. The lowest BCUT2D eigenvalue weighted by atomic mass is 10.1. The molecule has 0 aliphatic rings. The molecule has 0 spiro atoms. The minimum atomic E-state index is -1.32. The summed E-state index contributed by atoms with van der Waals surface area (Å²) in [5.74, 6) is 0.0615. The average molecular weight is 411 g/mol. The summed E-state index contributed by atoms with van der Waals surface area (Å²) in [7, 11) is 1.30. The zero-order chi connectivity index (χ0) is 20.9. The minimum absolute atomic E-state index is 0.0443. The van der Waals surface area contributed by atoms with E-state index in [4.69, 9.17) is 18.8 Å². The second-order valence-corrected chi connectivity index (χ2v) is 6.18. The number of ether oxygens (including phenoxy) is 3. The molecule has 0 fully saturated rings. The van der Waals surface area contributed by atoms with E-state index in [0.29, 0.717) is 23.4 Å². The van der Waals surface area contributed by atoms with Crippen molar-refractivity contribution < 1.29 is 33.5 Å². The van der Waals surface area contributed by atoms with Crippen LogP contribution in [0.25, 0.3) is 0 Å². The number of hydrogen-bond acceptors (Lipinski definition) is 8. The third-order valence-electron chi connectivity index (χ3n) is 3.67. The number of rotatable bonds is 11. The van der Waals surface area contributed by atoms with Crippen LogP contribution >= 0.6 is 12.0 Å². The van der Waals surface area contributed by atoms with Crippen LogP contribution in [0.2, 0.25) is 0 Å². The molecule has 9 heteroatoms. The molecule has 1 aromatic rings. The monoisotopic (exact) mass is 411 g/mol. The standard InChI is InChI=1S/C19H25NO7S/c1-4-13(5-2)12-26-19(23)20-17(18(22)25-3)14-6-8-15(9-7-14)27-16(21)10-11-28-24/h4-9,17-18,22,24H,1,10-12H2,2-3H3,(H,20,23)/b13-5+. The van der Waals surface area contributed by atoms with Crippen molar-refractivity contribution in [2.75, 3.05) is 19.5 Å². The molecule has 3 N–H and O–H groups in total. The smallest absolute Gasteiger partial charge is 0.408 e. The van der Waals surface area contributed by atoms with Gasteiger partial charge >= 0.3 is 12.1 Å². The van der Waals surface area contributed by atoms with Gasteiger partial charge in [0, 0.05) is 12.9 Å². The molecule has 1 amide bonds. The van der Waals surface area contributed by atoms with Crippen molar-refractivity contribution in [1.29, 1.82) is 0 Å². The molecule has 0 saturated carbocycles. The molecular formula is C19H25NO7S. The van der Waals surface area contributed by atoms with Gasteiger partial charge < -0.3 is 29.2 Å². The first kappa shape index (κ1) is 23.7. The Bertz CT molecular complexity index is 675. The lowest BCUT2D eigenvalue weighted by molar-refractivity contribution is -0.133. The van der Waals surface area contributed by atoms with Crippen LogP contribution in [-0.4, -0.2) is 47.5 Å². The predicted octanol–water partition coefficient (Wildman–Crippen LogP) is 3.05. The second kappa shape index (κ2) is 12.9. The summed E-state index contributed by atoms with van der Waals surface area (Å²) >= 11 is 0.563. The van der Waals surface area contributed by atoms with Crippen molar-refractivity contribution in [2.24, 2.45) is 0 Å². The quantitative estimate of drug-likeness (QED) is 0.167. The number of carbonyl (C=O) groups excluding carboxylic acids is 2. The zero-order valence-electron chi connectivity index (χ0n) is 15.8. The van der Waals surface area contributed by atoms with E-state index < -0.39 is 24.4 Å². The number of benzene rings is 1. The van der Waals surface area contributed by atoms with Crippen molar-refractivity contribution in [2.45, 2.75) is 25.7 Å². The van der Waals surface area contributed by atoms with Crippen molar-refractivity contribution in [3.05, 3.63) is 54.1 Å². The highest BCUT2D eigenvalue weighted by Gasteiger charge is 2.24. The number of alkyl carbamates (subject to hydrolysis) is 1. The maximum atomic E-state index is 12.0. The number of nitrogens with one attached hydrogen (secondary N) is 1. The Kier molecular flexibility index (Phi) is 11.0. The lowest BCUT2D eigenvalue weighted by Crippen LogP contribution is -2.37. The van der Waals surface area contributed by atoms with E-state index in [-0.39, 0.29) is 18.8 Å². The van der Waals surface area contributed by atoms with Crippen LogP contribution in [-0.2, 0) is 14.3 Å². The summed E-state index contributed by atoms with van der Waals surface area (Å²) in [6.07, 6.45) is 1.36. The van der Waals surface area contributed by atoms with E-state index in [1.807, 2.05) is 0 Å². The molecule has 28 heavy (non-hydrogen) atoms. The van der Waals surface area contributed by atoms with Crippen LogP contribution in [0.1, 0.15) is 24.9 Å². The highest BCUT2D eigenvalue weighted by Crippen LogP contribution is 2.22. The normalized spacial score (nSPS) is 13.4. The zero-order valence-corrected chi connectivity index (χ0v) is 16.6. The van der Waals surface area contributed by atoms with Gasteiger partial charge in [-0.15, -0.1) is 0 Å². The number of hydrogen-bond donors (Lipinski definition) is 3. The molecule has 0 aromatic heterocycles. The fourth-order valence-electron chi connectivity index (χ4n) is 2.09. The van der Waals surface area contributed by atoms with Crippen LogP contribution in [0.15, 0.2) is 48.6 Å². The predicted molar refractivity (Wildman–Crippen MR) is 106 cm³/mol. The third-order valence-corrected chi connectivity index (χ3v) is 4.06. The number of methoxy groups -OCH3 is 1. The summed E-state index contributed by atoms with van der Waals surface area (Å²) in [6, 6.07) is 5.32. The molecule has 0 radical (unpaired) electrons. The summed E-state index contributed by atoms with van der Waals surface area (Å²) in [6.45, 7) is 5.46. The van der Waals surface area contributed by atoms with Crippen LogP contribution in [0.3, 0.4) is 0 Å². The average Bonchev–Trinajstić information content (AvgIpc) is 2.71. The van der Waals surface area contributed by atoms with Gasteiger partial charge in [0.15, 0.2) is 6.29 Å². The van der Waals surface area contributed by atoms with Crippen molar-refractivity contribution >= 4 is 24.1 Å². The molecule has 0 aliphatic carbocycles. The second-order valence-electron chi connectivity index (χ2n) is 5.52. The number of allylic oxidation sites excluding steroid dienone is 1. The molecule has 2 atom stereocenters. The summed E-state index contributed by atoms with van der Waals surface area (Å²) < 4.78 is 23.8. The Morgan fingerprint density at radius 2 is 2.00 bits per heavy atom. The molecule has 1 rings (SSSR count). The summed E-state index contributed by atoms with van der Waals surface area (Å²) in [5.41, 5.74) is 1.26. The maximum absolute atomic E-state index is 12.0. The van der Waals surface area contributed by atoms with E-state index in [0.717, 1.165) is 5.57 Å². The SMILES string of the molecule is C=C/C(=C\C)COC(=O)NC(c1ccc(OC(=O)CCSO)cc1)C(O)OC. The van der Waals surface area contributed by atoms with E-state index in [2.05, 4.69) is 11.9 Å². The molecule has 1 aromatic carbocycles. The van der Waals surface area contributed by atoms with Crippen LogP contribution < -0.4 is 10.1 Å². The van der Waals surface area contributed by atoms with E-state index >= 15 is 0 Å². The maximum Gasteiger partial charge on any atom is 0.408 e. The Hall–Kier alpha value is -2.33. The molecule has 0 bridgehead atoms. The highest BCUT2D eigenvalue weighted by molar-refractivity contribution is 7.93. The van der Waals surface area contributed by atoms with Gasteiger partial charge in [-0.2, -0.15) is 0 Å². The molecule has 0 heterocycles. The van der Waals surface area contributed by atoms with Gasteiger partial charge in [0.05, 0.1) is 6.42 Å². The van der Waals surface area contributed by atoms with Gasteiger partial charge in [-0.3, -0.25) is 4.79 Å². The first-order chi connectivity index (χ1) is 13.4. The third kappa shape index (κ3) is 8.13. The number of esters is 1. The molecule has 0 saturated heterocycles. The number of amides is 1. The number of aliphatic hydroxyl groups excluding tert-OH is 1. The Balaban J connectivity index is 2.77. The van der Waals surface area contributed by atoms with Crippen LogP contribution in [0.4, 0.5) is 4.79 Å². The Labute approximate surface area is 168 Å². The minimum Gasteiger partial charge on any atom is -0.445 e. The topological polar surface area (TPSA) is 114 Å². The van der Waals surface area contributed by atoms with Crippen molar-refractivity contribution in [1.82, 2.24) is 5.32 Å². The molecule has 154 valence electrons. The van der Waals surface area contributed by atoms with Gasteiger partial charge in [-0.25, -0.2) is 4.79 Å². The molecule has 2 unspecified atom stereocenters.